The molecule has 0 atom stereocenters. The van der Waals surface area contributed by atoms with Gasteiger partial charge in [-0.05, 0) is 50.0 Å². The molecule has 21 heavy (non-hydrogen) atoms. The summed E-state index contributed by atoms with van der Waals surface area (Å²) in [5.41, 5.74) is 2.69. The Kier molecular flexibility index (Phi) is 4.55. The van der Waals surface area contributed by atoms with Gasteiger partial charge in [-0.3, -0.25) is 0 Å². The lowest BCUT2D eigenvalue weighted by Gasteiger charge is -2.23. The summed E-state index contributed by atoms with van der Waals surface area (Å²) in [6, 6.07) is 8.31. The summed E-state index contributed by atoms with van der Waals surface area (Å²) >= 11 is 0. The molecule has 4 heteroatoms. The molecule has 0 unspecified atom stereocenters. The molecule has 1 aliphatic heterocycles. The molecule has 3 rings (SSSR count). The number of aromatic nitrogens is 2. The molecule has 0 amide bonds. The fraction of sp³-hybridized carbons (Fsp3) is 0.471. The molecular formula is C17H23N3O. The topological polar surface area (TPSA) is 39.1 Å². The van der Waals surface area contributed by atoms with Gasteiger partial charge in [-0.1, -0.05) is 12.1 Å². The van der Waals surface area contributed by atoms with Gasteiger partial charge in [0.15, 0.2) is 0 Å². The second-order valence-electron chi connectivity index (χ2n) is 5.64. The average molecular weight is 285 g/mol. The number of hydrogen-bond donors (Lipinski definition) is 1. The molecule has 4 nitrogen and oxygen atoms in total. The summed E-state index contributed by atoms with van der Waals surface area (Å²) in [6.07, 6.45) is 7.44. The Hall–Kier alpha value is -1.81. The van der Waals surface area contributed by atoms with Gasteiger partial charge in [0.1, 0.15) is 5.75 Å². The molecule has 1 N–H and O–H groups in total. The second-order valence-corrected chi connectivity index (χ2v) is 5.64. The first-order valence-electron chi connectivity index (χ1n) is 7.70. The number of rotatable bonds is 5. The molecule has 2 heterocycles. The Morgan fingerprint density at radius 1 is 1.33 bits per heavy atom. The fourth-order valence-corrected chi connectivity index (χ4v) is 3.05. The van der Waals surface area contributed by atoms with Crippen LogP contribution >= 0.6 is 0 Å². The van der Waals surface area contributed by atoms with Crippen molar-refractivity contribution in [2.24, 2.45) is 0 Å². The molecular weight excluding hydrogens is 262 g/mol. The number of hydrogen-bond acceptors (Lipinski definition) is 3. The zero-order chi connectivity index (χ0) is 14.5. The monoisotopic (exact) mass is 285 g/mol. The maximum absolute atomic E-state index is 5.28. The Labute approximate surface area is 126 Å². The number of piperidine rings is 1. The van der Waals surface area contributed by atoms with E-state index in [-0.39, 0.29) is 0 Å². The molecule has 1 aromatic carbocycles. The third-order valence-corrected chi connectivity index (χ3v) is 4.28. The van der Waals surface area contributed by atoms with Crippen LogP contribution in [0.4, 0.5) is 0 Å². The van der Waals surface area contributed by atoms with Gasteiger partial charge in [0, 0.05) is 24.4 Å². The molecule has 112 valence electrons. The van der Waals surface area contributed by atoms with Crippen LogP contribution in [0.2, 0.25) is 0 Å². The highest BCUT2D eigenvalue weighted by atomic mass is 16.5. The Bertz CT molecular complexity index is 573. The van der Waals surface area contributed by atoms with Crippen molar-refractivity contribution in [3.63, 3.8) is 0 Å². The van der Waals surface area contributed by atoms with Gasteiger partial charge in [0.2, 0.25) is 0 Å². The van der Waals surface area contributed by atoms with Crippen molar-refractivity contribution in [1.29, 1.82) is 0 Å². The third kappa shape index (κ3) is 3.45. The van der Waals surface area contributed by atoms with Crippen molar-refractivity contribution >= 4 is 0 Å². The predicted molar refractivity (Wildman–Crippen MR) is 83.8 cm³/mol. The third-order valence-electron chi connectivity index (χ3n) is 4.28. The van der Waals surface area contributed by atoms with Crippen LogP contribution < -0.4 is 10.1 Å². The predicted octanol–water partition coefficient (Wildman–Crippen LogP) is 2.60. The van der Waals surface area contributed by atoms with E-state index in [1.165, 1.54) is 24.1 Å². The standard InChI is InChI=1S/C17H23N3O/c1-21-16-4-2-3-14(11-16)7-10-20-13-19-12-17(20)15-5-8-18-9-6-15/h2-4,11-13,15,18H,5-10H2,1H3. The average Bonchev–Trinajstić information content (AvgIpc) is 3.02. The molecule has 0 aliphatic carbocycles. The first kappa shape index (κ1) is 14.1. The number of nitrogens with one attached hydrogen (secondary N) is 1. The number of nitrogens with zero attached hydrogens (tertiary/aromatic N) is 2. The number of benzene rings is 1. The number of aryl methyl sites for hydroxylation is 2. The normalized spacial score (nSPS) is 16.0. The molecule has 0 spiro atoms. The van der Waals surface area contributed by atoms with Crippen LogP contribution in [0.15, 0.2) is 36.8 Å². The van der Waals surface area contributed by atoms with Gasteiger partial charge in [-0.25, -0.2) is 4.98 Å². The van der Waals surface area contributed by atoms with Crippen molar-refractivity contribution in [3.05, 3.63) is 48.0 Å². The van der Waals surface area contributed by atoms with Gasteiger partial charge in [-0.2, -0.15) is 0 Å². The highest BCUT2D eigenvalue weighted by Gasteiger charge is 2.18. The quantitative estimate of drug-likeness (QED) is 0.918. The lowest BCUT2D eigenvalue weighted by molar-refractivity contribution is 0.414. The lowest BCUT2D eigenvalue weighted by atomic mass is 9.95. The molecule has 1 aliphatic rings. The minimum atomic E-state index is 0.652. The van der Waals surface area contributed by atoms with Gasteiger partial charge in [0.05, 0.1) is 13.4 Å². The summed E-state index contributed by atoms with van der Waals surface area (Å²) in [7, 11) is 1.71. The maximum atomic E-state index is 5.28. The minimum absolute atomic E-state index is 0.652. The van der Waals surface area contributed by atoms with Gasteiger partial charge in [-0.15, -0.1) is 0 Å². The van der Waals surface area contributed by atoms with Crippen LogP contribution in [-0.4, -0.2) is 29.8 Å². The van der Waals surface area contributed by atoms with Crippen molar-refractivity contribution in [1.82, 2.24) is 14.9 Å². The Morgan fingerprint density at radius 3 is 3.00 bits per heavy atom. The van der Waals surface area contributed by atoms with Gasteiger partial charge >= 0.3 is 0 Å². The summed E-state index contributed by atoms with van der Waals surface area (Å²) < 4.78 is 7.60. The SMILES string of the molecule is COc1cccc(CCn2cncc2C2CCNCC2)c1. The largest absolute Gasteiger partial charge is 0.497 e. The molecule has 1 aromatic heterocycles. The molecule has 0 radical (unpaired) electrons. The van der Waals surface area contributed by atoms with Crippen LogP contribution in [-0.2, 0) is 13.0 Å². The van der Waals surface area contributed by atoms with E-state index in [4.69, 9.17) is 4.74 Å². The van der Waals surface area contributed by atoms with Gasteiger partial charge in [0.25, 0.3) is 0 Å². The molecule has 1 saturated heterocycles. The molecule has 0 saturated carbocycles. The number of methoxy groups -OCH3 is 1. The van der Waals surface area contributed by atoms with E-state index in [9.17, 15) is 0 Å². The molecule has 2 aromatic rings. The maximum Gasteiger partial charge on any atom is 0.119 e. The van der Waals surface area contributed by atoms with E-state index < -0.39 is 0 Å². The van der Waals surface area contributed by atoms with E-state index in [0.717, 1.165) is 31.8 Å². The first-order valence-corrected chi connectivity index (χ1v) is 7.70. The van der Waals surface area contributed by atoms with E-state index in [0.29, 0.717) is 5.92 Å². The van der Waals surface area contributed by atoms with Crippen LogP contribution in [0.1, 0.15) is 30.0 Å². The Morgan fingerprint density at radius 2 is 2.19 bits per heavy atom. The van der Waals surface area contributed by atoms with E-state index >= 15 is 0 Å². The lowest BCUT2D eigenvalue weighted by Crippen LogP contribution is -2.27. The van der Waals surface area contributed by atoms with E-state index in [2.05, 4.69) is 33.1 Å². The van der Waals surface area contributed by atoms with Crippen LogP contribution in [0.3, 0.4) is 0 Å². The van der Waals surface area contributed by atoms with Gasteiger partial charge < -0.3 is 14.6 Å². The fourth-order valence-electron chi connectivity index (χ4n) is 3.05. The summed E-state index contributed by atoms with van der Waals surface area (Å²) in [5.74, 6) is 1.58. The zero-order valence-electron chi connectivity index (χ0n) is 12.6. The van der Waals surface area contributed by atoms with Crippen molar-refractivity contribution < 1.29 is 4.74 Å². The highest BCUT2D eigenvalue weighted by molar-refractivity contribution is 5.28. The summed E-state index contributed by atoms with van der Waals surface area (Å²) in [4.78, 5) is 4.36. The Balaban J connectivity index is 1.66. The second kappa shape index (κ2) is 6.76. The van der Waals surface area contributed by atoms with Crippen molar-refractivity contribution in [3.8, 4) is 5.75 Å². The summed E-state index contributed by atoms with van der Waals surface area (Å²) in [6.45, 7) is 3.21. The molecule has 0 bridgehead atoms. The van der Waals surface area contributed by atoms with Crippen LogP contribution in [0.25, 0.3) is 0 Å². The minimum Gasteiger partial charge on any atom is -0.497 e. The van der Waals surface area contributed by atoms with E-state index in [1.54, 1.807) is 7.11 Å². The van der Waals surface area contributed by atoms with Crippen molar-refractivity contribution in [2.75, 3.05) is 20.2 Å². The smallest absolute Gasteiger partial charge is 0.119 e. The number of imidazole rings is 1. The first-order chi connectivity index (χ1) is 10.4. The number of ether oxygens (including phenoxy) is 1. The van der Waals surface area contributed by atoms with Crippen molar-refractivity contribution in [2.45, 2.75) is 31.7 Å². The highest BCUT2D eigenvalue weighted by Crippen LogP contribution is 2.25. The molecule has 1 fully saturated rings. The summed E-state index contributed by atoms with van der Waals surface area (Å²) in [5, 5.41) is 3.42. The van der Waals surface area contributed by atoms with Crippen LogP contribution in [0, 0.1) is 0 Å². The zero-order valence-corrected chi connectivity index (χ0v) is 12.6. The van der Waals surface area contributed by atoms with E-state index in [1.807, 2.05) is 18.6 Å². The van der Waals surface area contributed by atoms with Crippen LogP contribution in [0.5, 0.6) is 5.75 Å².